The Hall–Kier alpha value is -0.830. The molecule has 0 radical (unpaired) electrons. The molecule has 0 unspecified atom stereocenters. The van der Waals surface area contributed by atoms with Crippen LogP contribution < -0.4 is 5.32 Å². The number of halogens is 1. The zero-order valence-electron chi connectivity index (χ0n) is 13.7. The number of hydrogen-bond donors (Lipinski definition) is 1. The van der Waals surface area contributed by atoms with Gasteiger partial charge in [-0.25, -0.2) is 0 Å². The number of ether oxygens (including phenoxy) is 1. The van der Waals surface area contributed by atoms with Crippen LogP contribution in [0.15, 0.2) is 25.2 Å². The molecule has 0 aliphatic carbocycles. The molecule has 0 spiro atoms. The smallest absolute Gasteiger partial charge is 0.179 e. The first-order valence-electron chi connectivity index (χ1n) is 7.52. The van der Waals surface area contributed by atoms with Crippen molar-refractivity contribution >= 4 is 0 Å². The van der Waals surface area contributed by atoms with Crippen LogP contribution >= 0.6 is 0 Å². The molecule has 2 nitrogen and oxygen atoms in total. The van der Waals surface area contributed by atoms with Crippen molar-refractivity contribution in [3.63, 3.8) is 0 Å². The second-order valence-electron chi connectivity index (χ2n) is 6.78. The zero-order chi connectivity index (χ0) is 15.6. The summed E-state index contributed by atoms with van der Waals surface area (Å²) in [5.74, 6) is -0.449. The summed E-state index contributed by atoms with van der Waals surface area (Å²) in [5, 5.41) is 2.62. The first-order valence-corrected chi connectivity index (χ1v) is 7.52. The largest absolute Gasteiger partial charge is 0.376 e. The lowest BCUT2D eigenvalue weighted by molar-refractivity contribution is -0.0343. The molecule has 0 aromatic rings. The van der Waals surface area contributed by atoms with Gasteiger partial charge < -0.3 is 10.1 Å². The van der Waals surface area contributed by atoms with Crippen LogP contribution in [-0.4, -0.2) is 18.8 Å². The third kappa shape index (κ3) is 11.0. The van der Waals surface area contributed by atoms with Crippen LogP contribution in [0.1, 0.15) is 59.8 Å². The van der Waals surface area contributed by atoms with E-state index in [2.05, 4.69) is 46.2 Å². The summed E-state index contributed by atoms with van der Waals surface area (Å²) >= 11 is 0. The fourth-order valence-corrected chi connectivity index (χ4v) is 2.04. The average molecular weight is 285 g/mol. The Balaban J connectivity index is 3.85. The molecule has 20 heavy (non-hydrogen) atoms. The predicted octanol–water partition coefficient (Wildman–Crippen LogP) is 4.97. The molecule has 0 saturated carbocycles. The van der Waals surface area contributed by atoms with Gasteiger partial charge in [-0.3, -0.25) is 0 Å². The van der Waals surface area contributed by atoms with Crippen molar-refractivity contribution in [2.24, 2.45) is 5.41 Å². The van der Waals surface area contributed by atoms with Gasteiger partial charge in [0.1, 0.15) is 0 Å². The molecule has 0 bridgehead atoms. The van der Waals surface area contributed by atoms with Crippen molar-refractivity contribution in [2.45, 2.75) is 65.4 Å². The molecule has 0 aliphatic rings. The van der Waals surface area contributed by atoms with Crippen molar-refractivity contribution in [3.05, 3.63) is 25.2 Å². The van der Waals surface area contributed by atoms with E-state index < -0.39 is 5.95 Å². The van der Waals surface area contributed by atoms with Gasteiger partial charge in [-0.05, 0) is 57.9 Å². The fraction of sp³-hybridized carbons (Fsp3) is 0.765. The van der Waals surface area contributed by atoms with Crippen LogP contribution in [-0.2, 0) is 4.74 Å². The molecule has 0 aliphatic heterocycles. The third-order valence-electron chi connectivity index (χ3n) is 3.57. The predicted molar refractivity (Wildman–Crippen MR) is 85.3 cm³/mol. The van der Waals surface area contributed by atoms with Crippen LogP contribution in [0.4, 0.5) is 4.39 Å². The second kappa shape index (κ2) is 9.17. The monoisotopic (exact) mass is 285 g/mol. The van der Waals surface area contributed by atoms with Crippen LogP contribution in [0.5, 0.6) is 0 Å². The van der Waals surface area contributed by atoms with Gasteiger partial charge in [-0.15, -0.1) is 6.58 Å². The molecule has 0 saturated heterocycles. The van der Waals surface area contributed by atoms with Crippen LogP contribution in [0.2, 0.25) is 0 Å². The second-order valence-corrected chi connectivity index (χ2v) is 6.78. The lowest BCUT2D eigenvalue weighted by Gasteiger charge is -2.29. The maximum Gasteiger partial charge on any atom is 0.179 e. The summed E-state index contributed by atoms with van der Waals surface area (Å²) in [6.45, 7) is 17.1. The minimum atomic E-state index is -0.449. The minimum absolute atomic E-state index is 0.0855. The highest BCUT2D eigenvalue weighted by Crippen LogP contribution is 2.28. The van der Waals surface area contributed by atoms with Crippen LogP contribution in [0.3, 0.4) is 0 Å². The van der Waals surface area contributed by atoms with Gasteiger partial charge in [0.2, 0.25) is 0 Å². The minimum Gasteiger partial charge on any atom is -0.376 e. The molecule has 0 aromatic heterocycles. The van der Waals surface area contributed by atoms with Crippen molar-refractivity contribution in [1.82, 2.24) is 5.32 Å². The Morgan fingerprint density at radius 2 is 1.85 bits per heavy atom. The number of rotatable bonds is 12. The Bertz CT molecular complexity index is 297. The van der Waals surface area contributed by atoms with E-state index >= 15 is 0 Å². The lowest BCUT2D eigenvalue weighted by atomic mass is 9.84. The van der Waals surface area contributed by atoms with Gasteiger partial charge in [-0.1, -0.05) is 19.9 Å². The summed E-state index contributed by atoms with van der Waals surface area (Å²) in [6, 6.07) is 0. The number of hydrogen-bond acceptors (Lipinski definition) is 2. The summed E-state index contributed by atoms with van der Waals surface area (Å²) < 4.78 is 18.4. The SMILES string of the molecule is C=CCCC(C)(C)OCCC(C)(C)CCCNC(=C)F. The van der Waals surface area contributed by atoms with E-state index in [0.717, 1.165) is 38.7 Å². The van der Waals surface area contributed by atoms with Crippen LogP contribution in [0.25, 0.3) is 0 Å². The van der Waals surface area contributed by atoms with E-state index in [0.29, 0.717) is 6.54 Å². The maximum absolute atomic E-state index is 12.4. The molecular formula is C17H32FNO. The van der Waals surface area contributed by atoms with E-state index in [-0.39, 0.29) is 11.0 Å². The molecule has 0 fully saturated rings. The molecule has 1 N–H and O–H groups in total. The Morgan fingerprint density at radius 1 is 1.20 bits per heavy atom. The van der Waals surface area contributed by atoms with E-state index in [4.69, 9.17) is 4.74 Å². The van der Waals surface area contributed by atoms with Crippen molar-refractivity contribution in [2.75, 3.05) is 13.2 Å². The molecule has 118 valence electrons. The maximum atomic E-state index is 12.4. The normalized spacial score (nSPS) is 12.2. The molecule has 0 heterocycles. The first-order chi connectivity index (χ1) is 9.18. The van der Waals surface area contributed by atoms with E-state index in [1.807, 2.05) is 6.08 Å². The fourth-order valence-electron chi connectivity index (χ4n) is 2.04. The highest BCUT2D eigenvalue weighted by atomic mass is 19.1. The van der Waals surface area contributed by atoms with Crippen molar-refractivity contribution < 1.29 is 9.13 Å². The molecule has 3 heteroatoms. The van der Waals surface area contributed by atoms with Crippen LogP contribution in [0, 0.1) is 5.41 Å². The van der Waals surface area contributed by atoms with Gasteiger partial charge in [0.05, 0.1) is 5.60 Å². The van der Waals surface area contributed by atoms with Gasteiger partial charge >= 0.3 is 0 Å². The summed E-state index contributed by atoms with van der Waals surface area (Å²) in [5.41, 5.74) is 0.131. The summed E-state index contributed by atoms with van der Waals surface area (Å²) in [6.07, 6.45) is 6.91. The van der Waals surface area contributed by atoms with E-state index in [9.17, 15) is 4.39 Å². The topological polar surface area (TPSA) is 21.3 Å². The summed E-state index contributed by atoms with van der Waals surface area (Å²) in [7, 11) is 0. The van der Waals surface area contributed by atoms with Gasteiger partial charge in [0, 0.05) is 13.2 Å². The Morgan fingerprint density at radius 3 is 2.40 bits per heavy atom. The molecule has 0 amide bonds. The molecular weight excluding hydrogens is 253 g/mol. The van der Waals surface area contributed by atoms with E-state index in [1.165, 1.54) is 0 Å². The number of allylic oxidation sites excluding steroid dienone is 1. The van der Waals surface area contributed by atoms with Gasteiger partial charge in [0.25, 0.3) is 0 Å². The standard InChI is InChI=1S/C17H32FNO/c1-7-8-11-17(5,6)20-14-12-16(3,4)10-9-13-19-15(2)18/h7,19H,1-2,8-14H2,3-6H3. The Kier molecular flexibility index (Phi) is 8.79. The summed E-state index contributed by atoms with van der Waals surface area (Å²) in [4.78, 5) is 0. The molecule has 0 rings (SSSR count). The zero-order valence-corrected chi connectivity index (χ0v) is 13.7. The average Bonchev–Trinajstić information content (AvgIpc) is 2.31. The van der Waals surface area contributed by atoms with Gasteiger partial charge in [0.15, 0.2) is 5.95 Å². The van der Waals surface area contributed by atoms with Gasteiger partial charge in [-0.2, -0.15) is 4.39 Å². The third-order valence-corrected chi connectivity index (χ3v) is 3.57. The molecule has 0 atom stereocenters. The lowest BCUT2D eigenvalue weighted by Crippen LogP contribution is -2.27. The Labute approximate surface area is 124 Å². The van der Waals surface area contributed by atoms with Crippen molar-refractivity contribution in [3.8, 4) is 0 Å². The number of nitrogens with one attached hydrogen (secondary N) is 1. The first kappa shape index (κ1) is 19.2. The quantitative estimate of drug-likeness (QED) is 0.310. The highest BCUT2D eigenvalue weighted by molar-refractivity contribution is 4.78. The van der Waals surface area contributed by atoms with Crippen molar-refractivity contribution in [1.29, 1.82) is 0 Å². The molecule has 0 aromatic carbocycles. The highest BCUT2D eigenvalue weighted by Gasteiger charge is 2.21. The van der Waals surface area contributed by atoms with E-state index in [1.54, 1.807) is 0 Å².